The Morgan fingerprint density at radius 2 is 2.14 bits per heavy atom. The van der Waals surface area contributed by atoms with Gasteiger partial charge < -0.3 is 5.11 Å². The zero-order valence-electron chi connectivity index (χ0n) is 10.5. The molecule has 2 rings (SSSR count). The molecule has 0 atom stereocenters. The molecule has 0 aliphatic rings. The van der Waals surface area contributed by atoms with Crippen molar-refractivity contribution >= 4 is 33.3 Å². The van der Waals surface area contributed by atoms with Gasteiger partial charge in [0.1, 0.15) is 10.7 Å². The van der Waals surface area contributed by atoms with Crippen LogP contribution in [0.2, 0.25) is 5.02 Å². The van der Waals surface area contributed by atoms with Crippen molar-refractivity contribution in [3.05, 3.63) is 40.4 Å². The zero-order valence-corrected chi connectivity index (χ0v) is 12.1. The molecule has 0 amide bonds. The molecule has 1 aromatic carbocycles. The fraction of sp³-hybridized carbons (Fsp3) is 0.0909. The zero-order chi connectivity index (χ0) is 15.8. The van der Waals surface area contributed by atoms with Crippen LogP contribution < -0.4 is 4.72 Å². The highest BCUT2D eigenvalue weighted by molar-refractivity contribution is 7.92. The van der Waals surface area contributed by atoms with Crippen molar-refractivity contribution in [1.29, 1.82) is 0 Å². The van der Waals surface area contributed by atoms with Crippen molar-refractivity contribution in [3.8, 4) is 0 Å². The lowest BCUT2D eigenvalue weighted by Crippen LogP contribution is -2.17. The number of hydrogen-bond acceptors (Lipinski definition) is 4. The van der Waals surface area contributed by atoms with Crippen molar-refractivity contribution < 1.29 is 22.7 Å². The molecule has 112 valence electrons. The van der Waals surface area contributed by atoms with Crippen LogP contribution in [-0.4, -0.2) is 29.7 Å². The molecule has 7 nitrogen and oxygen atoms in total. The highest BCUT2D eigenvalue weighted by Gasteiger charge is 2.29. The van der Waals surface area contributed by atoms with Gasteiger partial charge in [0.15, 0.2) is 5.69 Å². The highest BCUT2D eigenvalue weighted by Crippen LogP contribution is 2.25. The number of rotatable bonds is 4. The first-order valence-electron chi connectivity index (χ1n) is 5.48. The monoisotopic (exact) mass is 333 g/mol. The van der Waals surface area contributed by atoms with Gasteiger partial charge in [0.05, 0.1) is 11.4 Å². The normalized spacial score (nSPS) is 11.4. The Labute approximate surface area is 123 Å². The second kappa shape index (κ2) is 5.34. The van der Waals surface area contributed by atoms with E-state index < -0.39 is 32.4 Å². The molecular formula is C11H9ClFN3O4S. The number of sulfonamides is 1. The molecule has 3 N–H and O–H groups in total. The Morgan fingerprint density at radius 3 is 2.76 bits per heavy atom. The van der Waals surface area contributed by atoms with Gasteiger partial charge in [-0.1, -0.05) is 11.6 Å². The fourth-order valence-electron chi connectivity index (χ4n) is 1.66. The maximum Gasteiger partial charge on any atom is 0.357 e. The SMILES string of the molecule is Cc1[nH]nc(C(=O)O)c1S(=O)(=O)Nc1cc(Cl)ccc1F. The molecule has 0 unspecified atom stereocenters. The Bertz CT molecular complexity index is 819. The number of carboxylic acid groups (broad SMARTS) is 1. The van der Waals surface area contributed by atoms with Gasteiger partial charge in [0.25, 0.3) is 10.0 Å². The van der Waals surface area contributed by atoms with Gasteiger partial charge >= 0.3 is 5.97 Å². The van der Waals surface area contributed by atoms with Crippen molar-refractivity contribution in [1.82, 2.24) is 10.2 Å². The van der Waals surface area contributed by atoms with E-state index in [1.807, 2.05) is 4.72 Å². The van der Waals surface area contributed by atoms with E-state index in [2.05, 4.69) is 10.2 Å². The summed E-state index contributed by atoms with van der Waals surface area (Å²) < 4.78 is 40.0. The van der Waals surface area contributed by atoms with Crippen LogP contribution in [0.1, 0.15) is 16.2 Å². The van der Waals surface area contributed by atoms with Crippen LogP contribution in [-0.2, 0) is 10.0 Å². The van der Waals surface area contributed by atoms with Gasteiger partial charge in [-0.15, -0.1) is 0 Å². The van der Waals surface area contributed by atoms with E-state index in [0.29, 0.717) is 0 Å². The Kier molecular flexibility index (Phi) is 3.88. The summed E-state index contributed by atoms with van der Waals surface area (Å²) in [5, 5.41) is 14.7. The number of nitrogens with zero attached hydrogens (tertiary/aromatic N) is 1. The number of H-pyrrole nitrogens is 1. The van der Waals surface area contributed by atoms with Crippen LogP contribution in [0.15, 0.2) is 23.1 Å². The average molecular weight is 334 g/mol. The number of benzene rings is 1. The van der Waals surface area contributed by atoms with E-state index in [-0.39, 0.29) is 16.4 Å². The van der Waals surface area contributed by atoms with E-state index >= 15 is 0 Å². The molecule has 21 heavy (non-hydrogen) atoms. The second-order valence-electron chi connectivity index (χ2n) is 4.06. The topological polar surface area (TPSA) is 112 Å². The van der Waals surface area contributed by atoms with Gasteiger partial charge in [-0.25, -0.2) is 17.6 Å². The minimum Gasteiger partial charge on any atom is -0.476 e. The number of aryl methyl sites for hydroxylation is 1. The van der Waals surface area contributed by atoms with Crippen molar-refractivity contribution in [2.24, 2.45) is 0 Å². The van der Waals surface area contributed by atoms with Crippen molar-refractivity contribution in [2.45, 2.75) is 11.8 Å². The molecule has 1 heterocycles. The van der Waals surface area contributed by atoms with E-state index in [0.717, 1.165) is 12.1 Å². The first-order valence-corrected chi connectivity index (χ1v) is 7.34. The molecule has 0 saturated carbocycles. The highest BCUT2D eigenvalue weighted by atomic mass is 35.5. The maximum absolute atomic E-state index is 13.6. The number of nitrogens with one attached hydrogen (secondary N) is 2. The third kappa shape index (κ3) is 2.98. The van der Waals surface area contributed by atoms with E-state index in [4.69, 9.17) is 16.7 Å². The van der Waals surface area contributed by atoms with Crippen LogP contribution >= 0.6 is 11.6 Å². The maximum atomic E-state index is 13.6. The summed E-state index contributed by atoms with van der Waals surface area (Å²) in [4.78, 5) is 10.4. The van der Waals surface area contributed by atoms with E-state index in [1.54, 1.807) is 0 Å². The number of anilines is 1. The summed E-state index contributed by atoms with van der Waals surface area (Å²) in [6, 6.07) is 3.31. The number of hydrogen-bond donors (Lipinski definition) is 3. The summed E-state index contributed by atoms with van der Waals surface area (Å²) in [5.74, 6) is -2.37. The lowest BCUT2D eigenvalue weighted by molar-refractivity contribution is 0.0686. The Hall–Kier alpha value is -2.13. The predicted molar refractivity (Wildman–Crippen MR) is 72.5 cm³/mol. The van der Waals surface area contributed by atoms with Gasteiger partial charge in [-0.3, -0.25) is 9.82 Å². The third-order valence-corrected chi connectivity index (χ3v) is 4.30. The predicted octanol–water partition coefficient (Wildman–Crippen LogP) is 2.01. The Balaban J connectivity index is 2.51. The summed E-state index contributed by atoms with van der Waals surface area (Å²) >= 11 is 5.67. The molecule has 0 aliphatic carbocycles. The molecule has 2 aromatic rings. The second-order valence-corrected chi connectivity index (χ2v) is 6.12. The molecule has 0 bridgehead atoms. The Morgan fingerprint density at radius 1 is 1.48 bits per heavy atom. The lowest BCUT2D eigenvalue weighted by atomic mass is 10.3. The first-order chi connectivity index (χ1) is 9.72. The molecule has 0 aliphatic heterocycles. The molecule has 0 fully saturated rings. The van der Waals surface area contributed by atoms with E-state index in [1.165, 1.54) is 13.0 Å². The molecule has 0 spiro atoms. The number of carbonyl (C=O) groups is 1. The van der Waals surface area contributed by atoms with Crippen molar-refractivity contribution in [3.63, 3.8) is 0 Å². The van der Waals surface area contributed by atoms with Crippen LogP contribution in [0.3, 0.4) is 0 Å². The minimum atomic E-state index is -4.34. The average Bonchev–Trinajstić information content (AvgIpc) is 2.76. The quantitative estimate of drug-likeness (QED) is 0.792. The van der Waals surface area contributed by atoms with Gasteiger partial charge in [0.2, 0.25) is 0 Å². The van der Waals surface area contributed by atoms with Crippen molar-refractivity contribution in [2.75, 3.05) is 4.72 Å². The third-order valence-electron chi connectivity index (χ3n) is 2.54. The van der Waals surface area contributed by atoms with E-state index in [9.17, 15) is 17.6 Å². The van der Waals surface area contributed by atoms with Crippen LogP contribution in [0.5, 0.6) is 0 Å². The number of aromatic carboxylic acids is 1. The number of halogens is 2. The summed E-state index contributed by atoms with van der Waals surface area (Å²) in [6.45, 7) is 1.34. The smallest absolute Gasteiger partial charge is 0.357 e. The molecule has 10 heteroatoms. The van der Waals surface area contributed by atoms with Crippen LogP contribution in [0.25, 0.3) is 0 Å². The number of carboxylic acids is 1. The molecular weight excluding hydrogens is 325 g/mol. The standard InChI is InChI=1S/C11H9ClFN3O4S/c1-5-10(9(11(17)18)15-14-5)21(19,20)16-8-4-6(12)2-3-7(8)13/h2-4,16H,1H3,(H,14,15)(H,17,18). The number of aromatic amines is 1. The van der Waals surface area contributed by atoms with Gasteiger partial charge in [0, 0.05) is 5.02 Å². The molecule has 0 saturated heterocycles. The summed E-state index contributed by atoms with van der Waals surface area (Å²) in [5.41, 5.74) is -1.05. The van der Waals surface area contributed by atoms with Crippen LogP contribution in [0, 0.1) is 12.7 Å². The lowest BCUT2D eigenvalue weighted by Gasteiger charge is -2.09. The van der Waals surface area contributed by atoms with Gasteiger partial charge in [-0.05, 0) is 25.1 Å². The summed E-state index contributed by atoms with van der Waals surface area (Å²) in [6.07, 6.45) is 0. The number of aromatic nitrogens is 2. The largest absolute Gasteiger partial charge is 0.476 e. The van der Waals surface area contributed by atoms with Crippen LogP contribution in [0.4, 0.5) is 10.1 Å². The minimum absolute atomic E-state index is 0.0161. The fourth-order valence-corrected chi connectivity index (χ4v) is 3.22. The molecule has 1 aromatic heterocycles. The first kappa shape index (κ1) is 15.3. The molecule has 0 radical (unpaired) electrons. The van der Waals surface area contributed by atoms with Gasteiger partial charge in [-0.2, -0.15) is 5.10 Å². The summed E-state index contributed by atoms with van der Waals surface area (Å²) in [7, 11) is -4.34.